The van der Waals surface area contributed by atoms with Crippen LogP contribution in [-0.2, 0) is 11.2 Å². The third-order valence-electron chi connectivity index (χ3n) is 4.92. The molecule has 0 radical (unpaired) electrons. The first-order valence-electron chi connectivity index (χ1n) is 7.06. The molecule has 3 nitrogen and oxygen atoms in total. The average molecular weight is 254 g/mol. The molecule has 1 amide bonds. The van der Waals surface area contributed by atoms with Crippen LogP contribution in [-0.4, -0.2) is 10.9 Å². The Labute approximate surface area is 112 Å². The Hall–Kier alpha value is -1.77. The van der Waals surface area contributed by atoms with Crippen molar-refractivity contribution in [3.63, 3.8) is 0 Å². The van der Waals surface area contributed by atoms with Gasteiger partial charge in [0.1, 0.15) is 0 Å². The van der Waals surface area contributed by atoms with Crippen LogP contribution in [0.4, 0.5) is 0 Å². The third-order valence-corrected chi connectivity index (χ3v) is 4.92. The Morgan fingerprint density at radius 1 is 1.32 bits per heavy atom. The summed E-state index contributed by atoms with van der Waals surface area (Å²) in [4.78, 5) is 15.4. The standard InChI is InChI=1S/C16H18N2O/c1-8-3-6-13-12(7-8)11-5-4-10-9(2)16(19)18-14(10)15(11)17-13/h3,6-7,9-10,14,17H,4-5H2,1-2H3,(H,18,19). The molecule has 19 heavy (non-hydrogen) atoms. The van der Waals surface area contributed by atoms with Crippen molar-refractivity contribution in [2.24, 2.45) is 11.8 Å². The number of nitrogens with one attached hydrogen (secondary N) is 2. The van der Waals surface area contributed by atoms with E-state index in [1.807, 2.05) is 0 Å². The van der Waals surface area contributed by atoms with E-state index in [9.17, 15) is 4.79 Å². The van der Waals surface area contributed by atoms with E-state index in [0.29, 0.717) is 5.92 Å². The summed E-state index contributed by atoms with van der Waals surface area (Å²) in [7, 11) is 0. The molecule has 0 bridgehead atoms. The topological polar surface area (TPSA) is 44.9 Å². The number of amides is 1. The first-order chi connectivity index (χ1) is 9.15. The van der Waals surface area contributed by atoms with Gasteiger partial charge in [-0.05, 0) is 43.4 Å². The number of aromatic amines is 1. The van der Waals surface area contributed by atoms with Gasteiger partial charge < -0.3 is 10.3 Å². The van der Waals surface area contributed by atoms with Gasteiger partial charge in [-0.25, -0.2) is 0 Å². The van der Waals surface area contributed by atoms with Crippen LogP contribution in [0.15, 0.2) is 18.2 Å². The molecule has 3 heteroatoms. The number of benzene rings is 1. The maximum absolute atomic E-state index is 11.9. The number of aryl methyl sites for hydroxylation is 2. The molecule has 1 aromatic heterocycles. The van der Waals surface area contributed by atoms with Gasteiger partial charge in [0.25, 0.3) is 0 Å². The number of fused-ring (bicyclic) bond motifs is 5. The average Bonchev–Trinajstić information content (AvgIpc) is 2.89. The Morgan fingerprint density at radius 2 is 2.16 bits per heavy atom. The zero-order valence-corrected chi connectivity index (χ0v) is 11.3. The maximum atomic E-state index is 11.9. The fourth-order valence-corrected chi connectivity index (χ4v) is 3.81. The highest BCUT2D eigenvalue weighted by atomic mass is 16.2. The smallest absolute Gasteiger partial charge is 0.223 e. The van der Waals surface area contributed by atoms with E-state index in [1.54, 1.807) is 0 Å². The summed E-state index contributed by atoms with van der Waals surface area (Å²) in [5.74, 6) is 0.804. The molecule has 0 saturated carbocycles. The zero-order chi connectivity index (χ0) is 13.1. The van der Waals surface area contributed by atoms with E-state index >= 15 is 0 Å². The van der Waals surface area contributed by atoms with Crippen molar-refractivity contribution in [3.8, 4) is 0 Å². The molecule has 1 aromatic carbocycles. The van der Waals surface area contributed by atoms with Gasteiger partial charge in [0.2, 0.25) is 5.91 Å². The molecule has 2 heterocycles. The van der Waals surface area contributed by atoms with Crippen molar-refractivity contribution in [1.82, 2.24) is 10.3 Å². The van der Waals surface area contributed by atoms with Crippen LogP contribution >= 0.6 is 0 Å². The van der Waals surface area contributed by atoms with Crippen molar-refractivity contribution < 1.29 is 4.79 Å². The molecule has 3 unspecified atom stereocenters. The predicted octanol–water partition coefficient (Wildman–Crippen LogP) is 2.85. The van der Waals surface area contributed by atoms with Crippen LogP contribution in [0.1, 0.15) is 36.2 Å². The minimum atomic E-state index is 0.145. The summed E-state index contributed by atoms with van der Waals surface area (Å²) in [6.07, 6.45) is 2.19. The van der Waals surface area contributed by atoms with Gasteiger partial charge in [0, 0.05) is 22.5 Å². The number of H-pyrrole nitrogens is 1. The Balaban J connectivity index is 1.91. The van der Waals surface area contributed by atoms with Crippen LogP contribution in [0.5, 0.6) is 0 Å². The van der Waals surface area contributed by atoms with E-state index < -0.39 is 0 Å². The van der Waals surface area contributed by atoms with Gasteiger partial charge in [-0.2, -0.15) is 0 Å². The molecular weight excluding hydrogens is 236 g/mol. The van der Waals surface area contributed by atoms with Crippen LogP contribution in [0.25, 0.3) is 10.9 Å². The summed E-state index contributed by atoms with van der Waals surface area (Å²) in [5.41, 5.74) is 5.15. The normalized spacial score (nSPS) is 29.2. The molecule has 1 saturated heterocycles. The molecule has 2 aromatic rings. The molecule has 4 rings (SSSR count). The van der Waals surface area contributed by atoms with Crippen molar-refractivity contribution >= 4 is 16.8 Å². The molecule has 2 N–H and O–H groups in total. The largest absolute Gasteiger partial charge is 0.356 e. The van der Waals surface area contributed by atoms with Gasteiger partial charge in [0.05, 0.1) is 6.04 Å². The second kappa shape index (κ2) is 3.62. The number of rotatable bonds is 0. The van der Waals surface area contributed by atoms with Gasteiger partial charge >= 0.3 is 0 Å². The highest BCUT2D eigenvalue weighted by Crippen LogP contribution is 2.44. The summed E-state index contributed by atoms with van der Waals surface area (Å²) in [6.45, 7) is 4.18. The van der Waals surface area contributed by atoms with Gasteiger partial charge in [0.15, 0.2) is 0 Å². The lowest BCUT2D eigenvalue weighted by molar-refractivity contribution is -0.122. The monoisotopic (exact) mass is 254 g/mol. The molecule has 1 aliphatic carbocycles. The second-order valence-electron chi connectivity index (χ2n) is 6.04. The molecule has 3 atom stereocenters. The number of hydrogen-bond donors (Lipinski definition) is 2. The van der Waals surface area contributed by atoms with Crippen molar-refractivity contribution in [2.45, 2.75) is 32.7 Å². The molecule has 0 spiro atoms. The lowest BCUT2D eigenvalue weighted by atomic mass is 9.79. The summed E-state index contributed by atoms with van der Waals surface area (Å²) in [5, 5.41) is 4.50. The minimum Gasteiger partial charge on any atom is -0.356 e. The number of carbonyl (C=O) groups excluding carboxylic acids is 1. The van der Waals surface area contributed by atoms with Crippen molar-refractivity contribution in [2.75, 3.05) is 0 Å². The maximum Gasteiger partial charge on any atom is 0.223 e. The van der Waals surface area contributed by atoms with E-state index in [-0.39, 0.29) is 17.9 Å². The SMILES string of the molecule is Cc1ccc2[nH]c3c(c2c1)CCC1C(C)C(=O)NC31. The molecule has 1 aliphatic heterocycles. The fourth-order valence-electron chi connectivity index (χ4n) is 3.81. The molecule has 1 fully saturated rings. The van der Waals surface area contributed by atoms with Crippen LogP contribution < -0.4 is 5.32 Å². The highest BCUT2D eigenvalue weighted by Gasteiger charge is 2.43. The predicted molar refractivity (Wildman–Crippen MR) is 74.9 cm³/mol. The number of hydrogen-bond acceptors (Lipinski definition) is 1. The Morgan fingerprint density at radius 3 is 3.00 bits per heavy atom. The van der Waals surface area contributed by atoms with Crippen LogP contribution in [0.3, 0.4) is 0 Å². The van der Waals surface area contributed by atoms with Crippen LogP contribution in [0.2, 0.25) is 0 Å². The molecular formula is C16H18N2O. The van der Waals surface area contributed by atoms with Gasteiger partial charge in [-0.15, -0.1) is 0 Å². The first kappa shape index (κ1) is 11.1. The zero-order valence-electron chi connectivity index (χ0n) is 11.3. The van der Waals surface area contributed by atoms with Gasteiger partial charge in [-0.1, -0.05) is 18.6 Å². The van der Waals surface area contributed by atoms with Crippen molar-refractivity contribution in [3.05, 3.63) is 35.0 Å². The Bertz CT molecular complexity index is 685. The number of carbonyl (C=O) groups is 1. The second-order valence-corrected chi connectivity index (χ2v) is 6.04. The quantitative estimate of drug-likeness (QED) is 0.746. The minimum absolute atomic E-state index is 0.145. The first-order valence-corrected chi connectivity index (χ1v) is 7.06. The lowest BCUT2D eigenvalue weighted by Crippen LogP contribution is -2.25. The van der Waals surface area contributed by atoms with Crippen LogP contribution in [0, 0.1) is 18.8 Å². The van der Waals surface area contributed by atoms with E-state index in [4.69, 9.17) is 0 Å². The summed E-state index contributed by atoms with van der Waals surface area (Å²) in [6, 6.07) is 6.74. The molecule has 2 aliphatic rings. The number of aromatic nitrogens is 1. The fraction of sp³-hybridized carbons (Fsp3) is 0.438. The summed E-state index contributed by atoms with van der Waals surface area (Å²) >= 11 is 0. The van der Waals surface area contributed by atoms with E-state index in [2.05, 4.69) is 42.3 Å². The highest BCUT2D eigenvalue weighted by molar-refractivity contribution is 5.87. The molecule has 98 valence electrons. The lowest BCUT2D eigenvalue weighted by Gasteiger charge is -2.26. The van der Waals surface area contributed by atoms with E-state index in [1.165, 1.54) is 27.7 Å². The third kappa shape index (κ3) is 1.41. The van der Waals surface area contributed by atoms with E-state index in [0.717, 1.165) is 12.8 Å². The summed E-state index contributed by atoms with van der Waals surface area (Å²) < 4.78 is 0. The van der Waals surface area contributed by atoms with Crippen molar-refractivity contribution in [1.29, 1.82) is 0 Å². The Kier molecular flexibility index (Phi) is 2.12. The van der Waals surface area contributed by atoms with Gasteiger partial charge in [-0.3, -0.25) is 4.79 Å².